The summed E-state index contributed by atoms with van der Waals surface area (Å²) in [5.74, 6) is 0. The van der Waals surface area contributed by atoms with Crippen LogP contribution in [0.15, 0.2) is 72.8 Å². The lowest BCUT2D eigenvalue weighted by molar-refractivity contribution is -0.00000368. The van der Waals surface area contributed by atoms with Crippen molar-refractivity contribution < 1.29 is 24.0 Å². The Balaban J connectivity index is 0.00000180. The third-order valence-electron chi connectivity index (χ3n) is 3.36. The van der Waals surface area contributed by atoms with E-state index in [2.05, 4.69) is 86.4 Å². The molecule has 0 N–H and O–H groups in total. The molecule has 0 amide bonds. The average molecular weight is 382 g/mol. The topological polar surface area (TPSA) is 0 Å². The van der Waals surface area contributed by atoms with E-state index in [9.17, 15) is 0 Å². The van der Waals surface area contributed by atoms with Crippen LogP contribution in [0.25, 0.3) is 0 Å². The van der Waals surface area contributed by atoms with Gasteiger partial charge in [0.15, 0.2) is 0 Å². The number of hydrogen-bond acceptors (Lipinski definition) is 0. The Kier molecular flexibility index (Phi) is 6.74. The summed E-state index contributed by atoms with van der Waals surface area (Å²) < 4.78 is 0. The molecule has 0 radical (unpaired) electrons. The molecule has 0 spiro atoms. The molecule has 2 heteroatoms. The zero-order chi connectivity index (χ0) is 12.8. The zero-order valence-electron chi connectivity index (χ0n) is 11.5. The van der Waals surface area contributed by atoms with Crippen molar-refractivity contribution in [3.8, 4) is 0 Å². The summed E-state index contributed by atoms with van der Waals surface area (Å²) >= 11 is 0. The van der Waals surface area contributed by atoms with E-state index in [1.54, 1.807) is 0 Å². The molecule has 19 heavy (non-hydrogen) atoms. The van der Waals surface area contributed by atoms with Crippen LogP contribution < -0.4 is 34.6 Å². The van der Waals surface area contributed by atoms with Crippen LogP contribution in [0.1, 0.15) is 6.92 Å². The Morgan fingerprint density at radius 2 is 1.26 bits per heavy atom. The SMILES string of the molecule is C/C=C/C[P+](C)(c1ccccc1)c1ccccc1.[I-]. The van der Waals surface area contributed by atoms with Gasteiger partial charge in [-0.15, -0.1) is 0 Å². The lowest BCUT2D eigenvalue weighted by Crippen LogP contribution is -3.00. The fourth-order valence-corrected chi connectivity index (χ4v) is 5.20. The van der Waals surface area contributed by atoms with Gasteiger partial charge >= 0.3 is 0 Å². The van der Waals surface area contributed by atoms with E-state index in [1.807, 2.05) is 0 Å². The molecular formula is C17H20IP. The molecule has 0 unspecified atom stereocenters. The number of halogens is 1. The van der Waals surface area contributed by atoms with E-state index >= 15 is 0 Å². The highest BCUT2D eigenvalue weighted by Crippen LogP contribution is 2.52. The average Bonchev–Trinajstić information content (AvgIpc) is 2.46. The third kappa shape index (κ3) is 3.90. The second kappa shape index (κ2) is 7.81. The Morgan fingerprint density at radius 3 is 1.63 bits per heavy atom. The van der Waals surface area contributed by atoms with Crippen molar-refractivity contribution in [3.63, 3.8) is 0 Å². The van der Waals surface area contributed by atoms with Crippen molar-refractivity contribution >= 4 is 17.9 Å². The molecule has 0 heterocycles. The van der Waals surface area contributed by atoms with Crippen LogP contribution in [-0.2, 0) is 0 Å². The summed E-state index contributed by atoms with van der Waals surface area (Å²) in [7, 11) is -1.28. The Morgan fingerprint density at radius 1 is 0.842 bits per heavy atom. The first-order valence-electron chi connectivity index (χ1n) is 6.35. The van der Waals surface area contributed by atoms with Crippen LogP contribution in [0.3, 0.4) is 0 Å². The van der Waals surface area contributed by atoms with E-state index in [1.165, 1.54) is 10.6 Å². The molecule has 0 aromatic heterocycles. The first kappa shape index (κ1) is 16.4. The third-order valence-corrected chi connectivity index (χ3v) is 7.18. The fraction of sp³-hybridized carbons (Fsp3) is 0.176. The minimum atomic E-state index is -1.28. The summed E-state index contributed by atoms with van der Waals surface area (Å²) in [6.07, 6.45) is 5.59. The monoisotopic (exact) mass is 382 g/mol. The van der Waals surface area contributed by atoms with E-state index in [4.69, 9.17) is 0 Å². The van der Waals surface area contributed by atoms with Gasteiger partial charge in [-0.3, -0.25) is 0 Å². The molecule has 2 aromatic rings. The Hall–Kier alpha value is -0.660. The predicted octanol–water partition coefficient (Wildman–Crippen LogP) is 0.865. The first-order chi connectivity index (χ1) is 8.77. The molecule has 0 aliphatic rings. The maximum absolute atomic E-state index is 2.43. The highest BCUT2D eigenvalue weighted by Gasteiger charge is 2.35. The number of benzene rings is 2. The van der Waals surface area contributed by atoms with E-state index < -0.39 is 7.26 Å². The smallest absolute Gasteiger partial charge is 0.0992 e. The normalized spacial score (nSPS) is 11.3. The minimum absolute atomic E-state index is 0. The molecule has 0 aliphatic carbocycles. The van der Waals surface area contributed by atoms with Crippen LogP contribution >= 0.6 is 7.26 Å². The largest absolute Gasteiger partial charge is 1.00 e. The Bertz CT molecular complexity index is 466. The molecule has 0 fully saturated rings. The van der Waals surface area contributed by atoms with Crippen LogP contribution in [-0.4, -0.2) is 12.8 Å². The second-order valence-corrected chi connectivity index (χ2v) is 8.40. The van der Waals surface area contributed by atoms with Crippen molar-refractivity contribution in [2.75, 3.05) is 12.8 Å². The molecule has 2 aromatic carbocycles. The molecular weight excluding hydrogens is 362 g/mol. The van der Waals surface area contributed by atoms with Crippen molar-refractivity contribution in [3.05, 3.63) is 72.8 Å². The highest BCUT2D eigenvalue weighted by molar-refractivity contribution is 7.89. The molecule has 0 atom stereocenters. The second-order valence-electron chi connectivity index (χ2n) is 4.61. The number of hydrogen-bond donors (Lipinski definition) is 0. The minimum Gasteiger partial charge on any atom is -1.00 e. The van der Waals surface area contributed by atoms with Gasteiger partial charge in [0.2, 0.25) is 0 Å². The van der Waals surface area contributed by atoms with E-state index in [0.717, 1.165) is 6.16 Å². The fourth-order valence-electron chi connectivity index (χ4n) is 2.19. The summed E-state index contributed by atoms with van der Waals surface area (Å²) in [6, 6.07) is 21.8. The van der Waals surface area contributed by atoms with Crippen molar-refractivity contribution in [1.29, 1.82) is 0 Å². The quantitative estimate of drug-likeness (QED) is 0.418. The van der Waals surface area contributed by atoms with Gasteiger partial charge in [-0.2, -0.15) is 0 Å². The van der Waals surface area contributed by atoms with Gasteiger partial charge < -0.3 is 24.0 Å². The summed E-state index contributed by atoms with van der Waals surface area (Å²) in [4.78, 5) is 0. The highest BCUT2D eigenvalue weighted by atomic mass is 127. The molecule has 100 valence electrons. The van der Waals surface area contributed by atoms with E-state index in [0.29, 0.717) is 0 Å². The first-order valence-corrected chi connectivity index (χ1v) is 8.77. The van der Waals surface area contributed by atoms with Crippen LogP contribution in [0, 0.1) is 0 Å². The molecule has 0 bridgehead atoms. The van der Waals surface area contributed by atoms with E-state index in [-0.39, 0.29) is 24.0 Å². The van der Waals surface area contributed by atoms with Crippen LogP contribution in [0.5, 0.6) is 0 Å². The predicted molar refractivity (Wildman–Crippen MR) is 84.7 cm³/mol. The maximum Gasteiger partial charge on any atom is 0.0992 e. The van der Waals surface area contributed by atoms with Crippen molar-refractivity contribution in [1.82, 2.24) is 0 Å². The van der Waals surface area contributed by atoms with Gasteiger partial charge in [0.25, 0.3) is 0 Å². The molecule has 0 aliphatic heterocycles. The van der Waals surface area contributed by atoms with Gasteiger partial charge in [-0.05, 0) is 31.2 Å². The standard InChI is InChI=1S/C17H20P.HI/c1-3-4-15-18(2,16-11-7-5-8-12-16)17-13-9-6-10-14-17;/h3-14H,15H2,1-2H3;1H/q+1;/p-1/b4-3+;. The molecule has 0 nitrogen and oxygen atoms in total. The molecule has 0 saturated carbocycles. The zero-order valence-corrected chi connectivity index (χ0v) is 14.5. The summed E-state index contributed by atoms with van der Waals surface area (Å²) in [5.41, 5.74) is 0. The van der Waals surface area contributed by atoms with Gasteiger partial charge in [0, 0.05) is 0 Å². The van der Waals surface area contributed by atoms with Crippen molar-refractivity contribution in [2.24, 2.45) is 0 Å². The van der Waals surface area contributed by atoms with Crippen LogP contribution in [0.2, 0.25) is 0 Å². The lowest BCUT2D eigenvalue weighted by Gasteiger charge is -2.21. The van der Waals surface area contributed by atoms with Gasteiger partial charge in [-0.1, -0.05) is 48.6 Å². The molecule has 0 saturated heterocycles. The van der Waals surface area contributed by atoms with Gasteiger partial charge in [0.1, 0.15) is 0 Å². The summed E-state index contributed by atoms with van der Waals surface area (Å²) in [6.45, 7) is 4.53. The lowest BCUT2D eigenvalue weighted by atomic mass is 10.4. The van der Waals surface area contributed by atoms with Gasteiger partial charge in [0.05, 0.1) is 30.7 Å². The number of allylic oxidation sites excluding steroid dienone is 2. The van der Waals surface area contributed by atoms with Crippen molar-refractivity contribution in [2.45, 2.75) is 6.92 Å². The number of rotatable bonds is 4. The van der Waals surface area contributed by atoms with Crippen LogP contribution in [0.4, 0.5) is 0 Å². The maximum atomic E-state index is 2.43. The summed E-state index contributed by atoms with van der Waals surface area (Å²) in [5, 5.41) is 2.96. The Labute approximate surface area is 134 Å². The van der Waals surface area contributed by atoms with Gasteiger partial charge in [-0.25, -0.2) is 0 Å². The molecule has 2 rings (SSSR count).